The lowest BCUT2D eigenvalue weighted by molar-refractivity contribution is 0.452. The maximum atomic E-state index is 4.51. The molecule has 0 radical (unpaired) electrons. The number of nitrogens with zero attached hydrogens (tertiary/aromatic N) is 2. The quantitative estimate of drug-likeness (QED) is 0.876. The molecule has 3 heteroatoms. The van der Waals surface area contributed by atoms with Gasteiger partial charge in [-0.15, -0.1) is 0 Å². The normalized spacial score (nSPS) is 18.7. The molecule has 1 N–H and O–H groups in total. The molecule has 0 spiro atoms. The molecule has 1 aliphatic rings. The number of nitrogens with one attached hydrogen (secondary N) is 1. The van der Waals surface area contributed by atoms with Crippen LogP contribution in [0.25, 0.3) is 0 Å². The molecular formula is C18H25N3. The number of aromatic nitrogens is 2. The third-order valence-electron chi connectivity index (χ3n) is 4.47. The molecule has 112 valence electrons. The van der Waals surface area contributed by atoms with E-state index in [0.29, 0.717) is 12.0 Å². The summed E-state index contributed by atoms with van der Waals surface area (Å²) in [5.41, 5.74) is 4.37. The van der Waals surface area contributed by atoms with Crippen LogP contribution >= 0.6 is 0 Å². The first kappa shape index (κ1) is 14.3. The summed E-state index contributed by atoms with van der Waals surface area (Å²) in [6.45, 7) is 6.36. The molecule has 0 saturated carbocycles. The Balaban J connectivity index is 1.88. The van der Waals surface area contributed by atoms with Crippen LogP contribution in [0.1, 0.15) is 55.3 Å². The number of hydrogen-bond acceptors (Lipinski definition) is 2. The Morgan fingerprint density at radius 1 is 1.33 bits per heavy atom. The lowest BCUT2D eigenvalue weighted by atomic mass is 9.89. The van der Waals surface area contributed by atoms with E-state index in [4.69, 9.17) is 0 Å². The Kier molecular flexibility index (Phi) is 4.39. The predicted molar refractivity (Wildman–Crippen MR) is 86.4 cm³/mol. The zero-order valence-electron chi connectivity index (χ0n) is 13.0. The molecule has 1 aliphatic carbocycles. The molecule has 2 unspecified atom stereocenters. The van der Waals surface area contributed by atoms with E-state index in [-0.39, 0.29) is 0 Å². The van der Waals surface area contributed by atoms with Crippen molar-refractivity contribution in [3.8, 4) is 0 Å². The van der Waals surface area contributed by atoms with Crippen molar-refractivity contribution in [3.05, 3.63) is 53.3 Å². The molecule has 3 nitrogen and oxygen atoms in total. The highest BCUT2D eigenvalue weighted by atomic mass is 15.3. The SMILES string of the molecule is CCCn1cc(C(NCC)C2CCc3ccccc32)cn1. The average Bonchev–Trinajstić information content (AvgIpc) is 3.12. The van der Waals surface area contributed by atoms with Gasteiger partial charge in [0.25, 0.3) is 0 Å². The Hall–Kier alpha value is -1.61. The number of benzene rings is 1. The first-order chi connectivity index (χ1) is 10.3. The lowest BCUT2D eigenvalue weighted by Gasteiger charge is -2.24. The van der Waals surface area contributed by atoms with Gasteiger partial charge < -0.3 is 5.32 Å². The lowest BCUT2D eigenvalue weighted by Crippen LogP contribution is -2.25. The molecule has 3 rings (SSSR count). The van der Waals surface area contributed by atoms with Crippen LogP contribution in [0.5, 0.6) is 0 Å². The summed E-state index contributed by atoms with van der Waals surface area (Å²) in [6, 6.07) is 9.28. The van der Waals surface area contributed by atoms with E-state index in [9.17, 15) is 0 Å². The van der Waals surface area contributed by atoms with E-state index >= 15 is 0 Å². The van der Waals surface area contributed by atoms with Crippen molar-refractivity contribution in [3.63, 3.8) is 0 Å². The zero-order chi connectivity index (χ0) is 14.7. The van der Waals surface area contributed by atoms with Crippen molar-refractivity contribution in [2.24, 2.45) is 0 Å². The molecule has 0 amide bonds. The van der Waals surface area contributed by atoms with Gasteiger partial charge in [-0.3, -0.25) is 4.68 Å². The maximum absolute atomic E-state index is 4.51. The van der Waals surface area contributed by atoms with Gasteiger partial charge in [-0.2, -0.15) is 5.10 Å². The van der Waals surface area contributed by atoms with Gasteiger partial charge in [0, 0.05) is 30.3 Å². The van der Waals surface area contributed by atoms with Crippen molar-refractivity contribution in [1.29, 1.82) is 0 Å². The van der Waals surface area contributed by atoms with Crippen molar-refractivity contribution in [1.82, 2.24) is 15.1 Å². The summed E-state index contributed by atoms with van der Waals surface area (Å²) in [5.74, 6) is 0.570. The van der Waals surface area contributed by atoms with Gasteiger partial charge >= 0.3 is 0 Å². The van der Waals surface area contributed by atoms with E-state index in [0.717, 1.165) is 19.5 Å². The highest BCUT2D eigenvalue weighted by molar-refractivity contribution is 5.37. The van der Waals surface area contributed by atoms with Crippen LogP contribution < -0.4 is 5.32 Å². The fourth-order valence-corrected chi connectivity index (χ4v) is 3.54. The summed E-state index contributed by atoms with van der Waals surface area (Å²) < 4.78 is 2.07. The monoisotopic (exact) mass is 283 g/mol. The maximum Gasteiger partial charge on any atom is 0.0537 e. The smallest absolute Gasteiger partial charge is 0.0537 e. The molecule has 21 heavy (non-hydrogen) atoms. The topological polar surface area (TPSA) is 29.9 Å². The molecule has 1 aromatic carbocycles. The van der Waals surface area contributed by atoms with E-state index in [1.54, 1.807) is 0 Å². The van der Waals surface area contributed by atoms with Crippen molar-refractivity contribution in [2.75, 3.05) is 6.54 Å². The molecule has 1 aromatic heterocycles. The molecule has 2 aromatic rings. The first-order valence-corrected chi connectivity index (χ1v) is 8.17. The summed E-state index contributed by atoms with van der Waals surface area (Å²) in [5, 5.41) is 8.20. The fraction of sp³-hybridized carbons (Fsp3) is 0.500. The van der Waals surface area contributed by atoms with Crippen LogP contribution in [0.2, 0.25) is 0 Å². The second kappa shape index (κ2) is 6.44. The van der Waals surface area contributed by atoms with E-state index in [1.807, 2.05) is 6.20 Å². The molecular weight excluding hydrogens is 258 g/mol. The largest absolute Gasteiger partial charge is 0.310 e. The second-order valence-corrected chi connectivity index (χ2v) is 5.92. The Morgan fingerprint density at radius 2 is 2.19 bits per heavy atom. The summed E-state index contributed by atoms with van der Waals surface area (Å²) in [4.78, 5) is 0. The van der Waals surface area contributed by atoms with Crippen molar-refractivity contribution in [2.45, 2.75) is 51.6 Å². The molecule has 0 bridgehead atoms. The Morgan fingerprint density at radius 3 is 3.00 bits per heavy atom. The highest BCUT2D eigenvalue weighted by Crippen LogP contribution is 2.41. The van der Waals surface area contributed by atoms with Gasteiger partial charge in [0.15, 0.2) is 0 Å². The van der Waals surface area contributed by atoms with Crippen LogP contribution in [-0.4, -0.2) is 16.3 Å². The van der Waals surface area contributed by atoms with E-state index < -0.39 is 0 Å². The number of fused-ring (bicyclic) bond motifs is 1. The Bertz CT molecular complexity index is 588. The predicted octanol–water partition coefficient (Wildman–Crippen LogP) is 3.67. The molecule has 1 heterocycles. The molecule has 0 fully saturated rings. The standard InChI is InChI=1S/C18H25N3/c1-3-11-21-13-15(12-20-21)18(19-4-2)17-10-9-14-7-5-6-8-16(14)17/h5-8,12-13,17-19H,3-4,9-11H2,1-2H3. The van der Waals surface area contributed by atoms with Crippen LogP contribution in [0.4, 0.5) is 0 Å². The van der Waals surface area contributed by atoms with Crippen molar-refractivity contribution >= 4 is 0 Å². The van der Waals surface area contributed by atoms with E-state index in [2.05, 4.69) is 59.4 Å². The zero-order valence-corrected chi connectivity index (χ0v) is 13.0. The minimum atomic E-state index is 0.379. The van der Waals surface area contributed by atoms with Gasteiger partial charge in [-0.05, 0) is 36.9 Å². The van der Waals surface area contributed by atoms with Crippen LogP contribution in [0.3, 0.4) is 0 Å². The molecule has 0 aliphatic heterocycles. The molecule has 0 saturated heterocycles. The fourth-order valence-electron chi connectivity index (χ4n) is 3.54. The number of likely N-dealkylation sites (N-methyl/N-ethyl adjacent to an activating group) is 1. The number of rotatable bonds is 6. The summed E-state index contributed by atoms with van der Waals surface area (Å²) in [7, 11) is 0. The van der Waals surface area contributed by atoms with Crippen LogP contribution in [0, 0.1) is 0 Å². The summed E-state index contributed by atoms with van der Waals surface area (Å²) >= 11 is 0. The van der Waals surface area contributed by atoms with Gasteiger partial charge in [-0.1, -0.05) is 38.1 Å². The van der Waals surface area contributed by atoms with E-state index in [1.165, 1.54) is 29.5 Å². The minimum Gasteiger partial charge on any atom is -0.310 e. The van der Waals surface area contributed by atoms with Crippen LogP contribution in [-0.2, 0) is 13.0 Å². The van der Waals surface area contributed by atoms with Crippen molar-refractivity contribution < 1.29 is 0 Å². The van der Waals surface area contributed by atoms with Gasteiger partial charge in [0.1, 0.15) is 0 Å². The Labute approximate surface area is 127 Å². The third-order valence-corrected chi connectivity index (χ3v) is 4.47. The van der Waals surface area contributed by atoms with Gasteiger partial charge in [0.2, 0.25) is 0 Å². The number of hydrogen-bond donors (Lipinski definition) is 1. The first-order valence-electron chi connectivity index (χ1n) is 8.17. The highest BCUT2D eigenvalue weighted by Gasteiger charge is 2.30. The van der Waals surface area contributed by atoms with Gasteiger partial charge in [-0.25, -0.2) is 0 Å². The third kappa shape index (κ3) is 2.88. The average molecular weight is 283 g/mol. The minimum absolute atomic E-state index is 0.379. The van der Waals surface area contributed by atoms with Crippen LogP contribution in [0.15, 0.2) is 36.7 Å². The summed E-state index contributed by atoms with van der Waals surface area (Å²) in [6.07, 6.45) is 7.82. The number of aryl methyl sites for hydroxylation is 2. The molecule has 2 atom stereocenters. The van der Waals surface area contributed by atoms with Gasteiger partial charge in [0.05, 0.1) is 6.20 Å². The second-order valence-electron chi connectivity index (χ2n) is 5.92.